The third kappa shape index (κ3) is 3.73. The molecule has 1 unspecified atom stereocenters. The summed E-state index contributed by atoms with van der Waals surface area (Å²) in [5.41, 5.74) is 2.17. The van der Waals surface area contributed by atoms with E-state index in [1.807, 2.05) is 36.1 Å². The number of rotatable bonds is 3. The number of anilines is 2. The number of benzene rings is 2. The van der Waals surface area contributed by atoms with Crippen molar-refractivity contribution < 1.29 is 9.18 Å². The fourth-order valence-corrected chi connectivity index (χ4v) is 3.89. The van der Waals surface area contributed by atoms with Gasteiger partial charge in [-0.15, -0.1) is 11.8 Å². The molecule has 1 heterocycles. The van der Waals surface area contributed by atoms with Crippen LogP contribution in [-0.2, 0) is 4.79 Å². The number of nitrogens with one attached hydrogen (secondary N) is 1. The number of para-hydroxylation sites is 1. The standard InChI is InChI=1S/C19H21FN2OS/c1-13-7-8-16(15(20)11-13)21-12-19(23)22-10-9-14(2)24-18-6-4-3-5-17(18)22/h3-8,11,14,21H,9-10,12H2,1-2H3. The quantitative estimate of drug-likeness (QED) is 0.892. The lowest BCUT2D eigenvalue weighted by Gasteiger charge is -2.23. The van der Waals surface area contributed by atoms with E-state index in [0.29, 0.717) is 17.5 Å². The summed E-state index contributed by atoms with van der Waals surface area (Å²) >= 11 is 1.80. The van der Waals surface area contributed by atoms with Crippen LogP contribution in [0.2, 0.25) is 0 Å². The Bertz CT molecular complexity index is 750. The van der Waals surface area contributed by atoms with Crippen LogP contribution >= 0.6 is 11.8 Å². The normalized spacial score (nSPS) is 17.1. The molecule has 0 saturated heterocycles. The first-order valence-electron chi connectivity index (χ1n) is 8.10. The van der Waals surface area contributed by atoms with Gasteiger partial charge in [0.05, 0.1) is 17.9 Å². The third-order valence-corrected chi connectivity index (χ3v) is 5.34. The predicted molar refractivity (Wildman–Crippen MR) is 98.4 cm³/mol. The molecule has 2 aromatic carbocycles. The smallest absolute Gasteiger partial charge is 0.246 e. The molecule has 1 amide bonds. The van der Waals surface area contributed by atoms with Crippen LogP contribution < -0.4 is 10.2 Å². The maximum Gasteiger partial charge on any atom is 0.246 e. The van der Waals surface area contributed by atoms with Crippen LogP contribution in [0.4, 0.5) is 15.8 Å². The van der Waals surface area contributed by atoms with E-state index in [0.717, 1.165) is 22.6 Å². The topological polar surface area (TPSA) is 32.3 Å². The second-order valence-corrected chi connectivity index (χ2v) is 7.55. The van der Waals surface area contributed by atoms with Gasteiger partial charge in [0.15, 0.2) is 0 Å². The number of carbonyl (C=O) groups is 1. The minimum Gasteiger partial charge on any atom is -0.374 e. The summed E-state index contributed by atoms with van der Waals surface area (Å²) in [6.07, 6.45) is 0.935. The Hall–Kier alpha value is -2.01. The largest absolute Gasteiger partial charge is 0.374 e. The van der Waals surface area contributed by atoms with Crippen LogP contribution in [0.25, 0.3) is 0 Å². The summed E-state index contributed by atoms with van der Waals surface area (Å²) in [4.78, 5) is 15.6. The van der Waals surface area contributed by atoms with E-state index in [2.05, 4.69) is 18.3 Å². The van der Waals surface area contributed by atoms with Crippen LogP contribution in [0.3, 0.4) is 0 Å². The average Bonchev–Trinajstić information content (AvgIpc) is 2.72. The Kier molecular flexibility index (Phi) is 5.09. The van der Waals surface area contributed by atoms with E-state index in [-0.39, 0.29) is 18.3 Å². The van der Waals surface area contributed by atoms with Gasteiger partial charge in [-0.25, -0.2) is 4.39 Å². The number of hydrogen-bond acceptors (Lipinski definition) is 3. The molecule has 1 N–H and O–H groups in total. The summed E-state index contributed by atoms with van der Waals surface area (Å²) < 4.78 is 13.9. The first-order valence-corrected chi connectivity index (χ1v) is 8.98. The Balaban J connectivity index is 1.75. The number of amides is 1. The molecule has 1 atom stereocenters. The Labute approximate surface area is 146 Å². The van der Waals surface area contributed by atoms with E-state index in [1.165, 1.54) is 6.07 Å². The first-order chi connectivity index (χ1) is 11.5. The van der Waals surface area contributed by atoms with E-state index in [9.17, 15) is 9.18 Å². The molecule has 0 saturated carbocycles. The summed E-state index contributed by atoms with van der Waals surface area (Å²) in [5, 5.41) is 3.39. The van der Waals surface area contributed by atoms with E-state index in [1.54, 1.807) is 17.8 Å². The number of hydrogen-bond donors (Lipinski definition) is 1. The van der Waals surface area contributed by atoms with Crippen molar-refractivity contribution in [1.29, 1.82) is 0 Å². The zero-order chi connectivity index (χ0) is 17.1. The van der Waals surface area contributed by atoms with Gasteiger partial charge in [-0.1, -0.05) is 25.1 Å². The van der Waals surface area contributed by atoms with Gasteiger partial charge in [-0.2, -0.15) is 0 Å². The van der Waals surface area contributed by atoms with Gasteiger partial charge in [0.25, 0.3) is 0 Å². The number of nitrogens with zero attached hydrogens (tertiary/aromatic N) is 1. The van der Waals surface area contributed by atoms with Crippen LogP contribution in [-0.4, -0.2) is 24.2 Å². The average molecular weight is 344 g/mol. The predicted octanol–water partition coefficient (Wildman–Crippen LogP) is 4.46. The highest BCUT2D eigenvalue weighted by atomic mass is 32.2. The van der Waals surface area contributed by atoms with Gasteiger partial charge in [-0.3, -0.25) is 4.79 Å². The summed E-state index contributed by atoms with van der Waals surface area (Å²) in [7, 11) is 0. The van der Waals surface area contributed by atoms with Crippen molar-refractivity contribution in [3.63, 3.8) is 0 Å². The minimum absolute atomic E-state index is 0.0443. The van der Waals surface area contributed by atoms with Gasteiger partial charge in [0.2, 0.25) is 5.91 Å². The molecule has 0 fully saturated rings. The first kappa shape index (κ1) is 16.8. The molecule has 1 aliphatic rings. The lowest BCUT2D eigenvalue weighted by atomic mass is 10.2. The minimum atomic E-state index is -0.330. The molecule has 0 aliphatic carbocycles. The van der Waals surface area contributed by atoms with Crippen molar-refractivity contribution in [3.05, 3.63) is 53.8 Å². The fraction of sp³-hybridized carbons (Fsp3) is 0.316. The lowest BCUT2D eigenvalue weighted by Crippen LogP contribution is -2.36. The Morgan fingerprint density at radius 1 is 1.33 bits per heavy atom. The molecule has 2 aromatic rings. The number of fused-ring (bicyclic) bond motifs is 1. The zero-order valence-corrected chi connectivity index (χ0v) is 14.7. The molecule has 126 valence electrons. The molecular weight excluding hydrogens is 323 g/mol. The van der Waals surface area contributed by atoms with Crippen LogP contribution in [0.1, 0.15) is 18.9 Å². The monoisotopic (exact) mass is 344 g/mol. The lowest BCUT2D eigenvalue weighted by molar-refractivity contribution is -0.117. The fourth-order valence-electron chi connectivity index (χ4n) is 2.78. The summed E-state index contributed by atoms with van der Waals surface area (Å²) in [6.45, 7) is 4.77. The third-order valence-electron chi connectivity index (χ3n) is 4.10. The van der Waals surface area contributed by atoms with Gasteiger partial charge in [-0.05, 0) is 43.2 Å². The molecule has 0 bridgehead atoms. The number of aryl methyl sites for hydroxylation is 1. The van der Waals surface area contributed by atoms with Crippen LogP contribution in [0.15, 0.2) is 47.4 Å². The van der Waals surface area contributed by atoms with Gasteiger partial charge in [0.1, 0.15) is 5.82 Å². The highest BCUT2D eigenvalue weighted by molar-refractivity contribution is 8.00. The number of thioether (sulfide) groups is 1. The number of carbonyl (C=O) groups excluding carboxylic acids is 1. The second-order valence-electron chi connectivity index (χ2n) is 6.07. The SMILES string of the molecule is Cc1ccc(NCC(=O)N2CCC(C)Sc3ccccc32)c(F)c1. The molecule has 3 rings (SSSR count). The Morgan fingerprint density at radius 3 is 2.92 bits per heavy atom. The molecule has 0 aromatic heterocycles. The molecule has 5 heteroatoms. The van der Waals surface area contributed by atoms with Gasteiger partial charge < -0.3 is 10.2 Å². The van der Waals surface area contributed by atoms with Crippen LogP contribution in [0, 0.1) is 12.7 Å². The van der Waals surface area contributed by atoms with Crippen molar-refractivity contribution in [3.8, 4) is 0 Å². The molecule has 0 radical (unpaired) electrons. The molecule has 24 heavy (non-hydrogen) atoms. The van der Waals surface area contributed by atoms with Crippen molar-refractivity contribution in [1.82, 2.24) is 0 Å². The number of halogens is 1. The van der Waals surface area contributed by atoms with Crippen molar-refractivity contribution >= 4 is 29.0 Å². The molecule has 3 nitrogen and oxygen atoms in total. The maximum absolute atomic E-state index is 13.9. The van der Waals surface area contributed by atoms with E-state index in [4.69, 9.17) is 0 Å². The van der Waals surface area contributed by atoms with E-state index >= 15 is 0 Å². The zero-order valence-electron chi connectivity index (χ0n) is 13.9. The second kappa shape index (κ2) is 7.26. The highest BCUT2D eigenvalue weighted by Crippen LogP contribution is 2.37. The highest BCUT2D eigenvalue weighted by Gasteiger charge is 2.23. The summed E-state index contributed by atoms with van der Waals surface area (Å²) in [6, 6.07) is 12.9. The molecular formula is C19H21FN2OS. The molecule has 1 aliphatic heterocycles. The van der Waals surface area contributed by atoms with Crippen molar-refractivity contribution in [2.75, 3.05) is 23.3 Å². The van der Waals surface area contributed by atoms with E-state index < -0.39 is 0 Å². The molecule has 0 spiro atoms. The van der Waals surface area contributed by atoms with Crippen molar-refractivity contribution in [2.24, 2.45) is 0 Å². The van der Waals surface area contributed by atoms with Crippen LogP contribution in [0.5, 0.6) is 0 Å². The van der Waals surface area contributed by atoms with Gasteiger partial charge in [0, 0.05) is 16.7 Å². The Morgan fingerprint density at radius 2 is 2.12 bits per heavy atom. The van der Waals surface area contributed by atoms with Crippen molar-refractivity contribution in [2.45, 2.75) is 30.4 Å². The van der Waals surface area contributed by atoms with Gasteiger partial charge >= 0.3 is 0 Å². The summed E-state index contributed by atoms with van der Waals surface area (Å²) in [5.74, 6) is -0.375. The maximum atomic E-state index is 13.9.